The molecule has 0 saturated carbocycles. The Balaban J connectivity index is 1.60. The highest BCUT2D eigenvalue weighted by molar-refractivity contribution is 7.92. The smallest absolute Gasteiger partial charge is 0.267 e. The van der Waals surface area contributed by atoms with Crippen molar-refractivity contribution in [2.45, 2.75) is 4.90 Å². The molecule has 0 spiro atoms. The molecule has 1 fully saturated rings. The van der Waals surface area contributed by atoms with Gasteiger partial charge in [0.2, 0.25) is 5.28 Å². The number of hydrogen-bond donors (Lipinski definition) is 2. The van der Waals surface area contributed by atoms with E-state index in [0.29, 0.717) is 28.8 Å². The molecule has 3 heterocycles. The molecule has 2 aromatic carbocycles. The van der Waals surface area contributed by atoms with Crippen molar-refractivity contribution in [1.82, 2.24) is 20.3 Å². The van der Waals surface area contributed by atoms with E-state index in [1.165, 1.54) is 29.7 Å². The SMILES string of the molecule is O=S(=O)(Nc1cccc(-c2nc(N3CCNCC3)sc2-c2ccnc(Cl)n2)c1F)c1c(F)cccc1F. The molecule has 1 aliphatic heterocycles. The lowest BCUT2D eigenvalue weighted by atomic mass is 10.1. The van der Waals surface area contributed by atoms with Crippen molar-refractivity contribution in [3.8, 4) is 21.8 Å². The molecular formula is C23H18ClF3N6O2S2. The van der Waals surface area contributed by atoms with Gasteiger partial charge in [0.25, 0.3) is 10.0 Å². The van der Waals surface area contributed by atoms with Gasteiger partial charge in [-0.3, -0.25) is 4.72 Å². The quantitative estimate of drug-likeness (QED) is 0.330. The first-order chi connectivity index (χ1) is 17.7. The van der Waals surface area contributed by atoms with Gasteiger partial charge in [-0.25, -0.2) is 36.5 Å². The van der Waals surface area contributed by atoms with Gasteiger partial charge in [-0.1, -0.05) is 23.5 Å². The van der Waals surface area contributed by atoms with Crippen molar-refractivity contribution in [3.63, 3.8) is 0 Å². The van der Waals surface area contributed by atoms with E-state index in [1.807, 2.05) is 9.62 Å². The van der Waals surface area contributed by atoms with E-state index in [4.69, 9.17) is 11.6 Å². The van der Waals surface area contributed by atoms with E-state index in [9.17, 15) is 17.2 Å². The van der Waals surface area contributed by atoms with E-state index in [0.717, 1.165) is 37.4 Å². The largest absolute Gasteiger partial charge is 0.346 e. The van der Waals surface area contributed by atoms with E-state index < -0.39 is 38.1 Å². The van der Waals surface area contributed by atoms with Gasteiger partial charge in [0.05, 0.1) is 22.0 Å². The number of sulfonamides is 1. The number of benzene rings is 2. The zero-order valence-corrected chi connectivity index (χ0v) is 21.3. The minimum atomic E-state index is -4.79. The van der Waals surface area contributed by atoms with Gasteiger partial charge < -0.3 is 10.2 Å². The van der Waals surface area contributed by atoms with E-state index in [1.54, 1.807) is 6.07 Å². The van der Waals surface area contributed by atoms with E-state index in [-0.39, 0.29) is 16.5 Å². The molecule has 2 aromatic heterocycles. The number of anilines is 2. The van der Waals surface area contributed by atoms with Crippen molar-refractivity contribution in [2.75, 3.05) is 35.8 Å². The lowest BCUT2D eigenvalue weighted by Crippen LogP contribution is -2.43. The summed E-state index contributed by atoms with van der Waals surface area (Å²) in [5.74, 6) is -3.57. The Hall–Kier alpha value is -3.26. The maximum Gasteiger partial charge on any atom is 0.267 e. The van der Waals surface area contributed by atoms with Crippen LogP contribution in [-0.2, 0) is 10.0 Å². The van der Waals surface area contributed by atoms with Gasteiger partial charge in [-0.05, 0) is 41.9 Å². The molecule has 0 bridgehead atoms. The molecule has 0 amide bonds. The lowest BCUT2D eigenvalue weighted by Gasteiger charge is -2.26. The molecule has 2 N–H and O–H groups in total. The van der Waals surface area contributed by atoms with Crippen LogP contribution in [0.5, 0.6) is 0 Å². The Bertz CT molecular complexity index is 1560. The third kappa shape index (κ3) is 5.12. The summed E-state index contributed by atoms with van der Waals surface area (Å²) in [6.45, 7) is 2.88. The Morgan fingerprint density at radius 1 is 1.00 bits per heavy atom. The van der Waals surface area contributed by atoms with Crippen LogP contribution in [0.4, 0.5) is 24.0 Å². The Labute approximate surface area is 219 Å². The first-order valence-corrected chi connectivity index (χ1v) is 13.6. The summed E-state index contributed by atoms with van der Waals surface area (Å²) in [5, 5.41) is 3.87. The van der Waals surface area contributed by atoms with Gasteiger partial charge in [0, 0.05) is 37.9 Å². The highest BCUT2D eigenvalue weighted by Gasteiger charge is 2.27. The Kier molecular flexibility index (Phi) is 7.03. The number of nitrogens with zero attached hydrogens (tertiary/aromatic N) is 4. The molecule has 1 saturated heterocycles. The Morgan fingerprint density at radius 2 is 1.70 bits per heavy atom. The Morgan fingerprint density at radius 3 is 2.41 bits per heavy atom. The number of nitrogens with one attached hydrogen (secondary N) is 2. The summed E-state index contributed by atoms with van der Waals surface area (Å²) in [4.78, 5) is 14.1. The highest BCUT2D eigenvalue weighted by atomic mass is 35.5. The van der Waals surface area contributed by atoms with Crippen LogP contribution in [0.2, 0.25) is 5.28 Å². The number of rotatable bonds is 6. The van der Waals surface area contributed by atoms with Crippen LogP contribution in [-0.4, -0.2) is 49.5 Å². The second-order valence-electron chi connectivity index (χ2n) is 7.95. The number of thiazole rings is 1. The number of piperazine rings is 1. The topological polar surface area (TPSA) is 100 Å². The summed E-state index contributed by atoms with van der Waals surface area (Å²) in [7, 11) is -4.79. The van der Waals surface area contributed by atoms with Crippen LogP contribution in [0.1, 0.15) is 0 Å². The molecule has 1 aliphatic rings. The second kappa shape index (κ2) is 10.2. The molecular weight excluding hydrogens is 549 g/mol. The average molecular weight is 567 g/mol. The minimum absolute atomic E-state index is 0.00512. The second-order valence-corrected chi connectivity index (χ2v) is 10.9. The standard InChI is InChI=1S/C23H18ClF3N6O2S2/c24-22-29-8-7-17(30-22)20-19(31-23(36-20)33-11-9-28-10-12-33)13-3-1-6-16(18(13)27)32-37(34,35)21-14(25)4-2-5-15(21)26/h1-8,28,32H,9-12H2. The minimum Gasteiger partial charge on any atom is -0.346 e. The lowest BCUT2D eigenvalue weighted by molar-refractivity contribution is 0.521. The van der Waals surface area contributed by atoms with Gasteiger partial charge in [0.15, 0.2) is 15.8 Å². The van der Waals surface area contributed by atoms with Crippen LogP contribution < -0.4 is 14.9 Å². The molecule has 4 aromatic rings. The van der Waals surface area contributed by atoms with Crippen LogP contribution >= 0.6 is 22.9 Å². The fourth-order valence-electron chi connectivity index (χ4n) is 3.85. The highest BCUT2D eigenvalue weighted by Crippen LogP contribution is 2.42. The molecule has 14 heteroatoms. The number of halogens is 4. The third-order valence-corrected chi connectivity index (χ3v) is 8.28. The van der Waals surface area contributed by atoms with Crippen molar-refractivity contribution in [1.29, 1.82) is 0 Å². The van der Waals surface area contributed by atoms with Gasteiger partial charge in [0.1, 0.15) is 11.6 Å². The normalized spacial score (nSPS) is 14.1. The van der Waals surface area contributed by atoms with Crippen LogP contribution in [0, 0.1) is 17.5 Å². The molecule has 0 unspecified atom stereocenters. The van der Waals surface area contributed by atoms with Crippen LogP contribution in [0.3, 0.4) is 0 Å². The maximum atomic E-state index is 15.8. The fraction of sp³-hybridized carbons (Fsp3) is 0.174. The van der Waals surface area contributed by atoms with Gasteiger partial charge in [-0.2, -0.15) is 0 Å². The zero-order chi connectivity index (χ0) is 26.2. The summed E-state index contributed by atoms with van der Waals surface area (Å²) in [6.07, 6.45) is 1.46. The van der Waals surface area contributed by atoms with Gasteiger partial charge >= 0.3 is 0 Å². The third-order valence-electron chi connectivity index (χ3n) is 5.55. The first-order valence-electron chi connectivity index (χ1n) is 11.0. The summed E-state index contributed by atoms with van der Waals surface area (Å²) < 4.78 is 71.6. The van der Waals surface area contributed by atoms with E-state index in [2.05, 4.69) is 20.3 Å². The van der Waals surface area contributed by atoms with E-state index >= 15 is 4.39 Å². The summed E-state index contributed by atoms with van der Waals surface area (Å²) >= 11 is 7.28. The molecule has 0 radical (unpaired) electrons. The molecule has 0 atom stereocenters. The first kappa shape index (κ1) is 25.4. The molecule has 192 valence electrons. The monoisotopic (exact) mass is 566 g/mol. The molecule has 37 heavy (non-hydrogen) atoms. The molecule has 0 aliphatic carbocycles. The fourth-order valence-corrected chi connectivity index (χ4v) is 6.29. The predicted molar refractivity (Wildman–Crippen MR) is 136 cm³/mol. The summed E-state index contributed by atoms with van der Waals surface area (Å²) in [5.41, 5.74) is 0.0942. The molecule has 8 nitrogen and oxygen atoms in total. The van der Waals surface area contributed by atoms with Gasteiger partial charge in [-0.15, -0.1) is 0 Å². The van der Waals surface area contributed by atoms with Crippen molar-refractivity contribution in [2.24, 2.45) is 0 Å². The average Bonchev–Trinajstić information content (AvgIpc) is 3.31. The van der Waals surface area contributed by atoms with Crippen molar-refractivity contribution >= 4 is 43.8 Å². The number of aromatic nitrogens is 3. The molecule has 5 rings (SSSR count). The van der Waals surface area contributed by atoms with Crippen LogP contribution in [0.15, 0.2) is 53.6 Å². The van der Waals surface area contributed by atoms with Crippen molar-refractivity contribution in [3.05, 3.63) is 71.4 Å². The van der Waals surface area contributed by atoms with Crippen LogP contribution in [0.25, 0.3) is 21.8 Å². The zero-order valence-electron chi connectivity index (χ0n) is 18.9. The van der Waals surface area contributed by atoms with Crippen molar-refractivity contribution < 1.29 is 21.6 Å². The predicted octanol–water partition coefficient (Wildman–Crippen LogP) is 4.55. The maximum absolute atomic E-state index is 15.8. The number of hydrogen-bond acceptors (Lipinski definition) is 8. The summed E-state index contributed by atoms with van der Waals surface area (Å²) in [6, 6.07) is 8.24.